The molecular weight excluding hydrogens is 320 g/mol. The highest BCUT2D eigenvalue weighted by Crippen LogP contribution is 2.27. The van der Waals surface area contributed by atoms with Crippen LogP contribution in [-0.4, -0.2) is 9.97 Å². The SMILES string of the molecule is Cc1cc(-c2c[nH]c(-c3ccccc3)n2)ccc1OCc1ccccc1. The number of hydrogen-bond donors (Lipinski definition) is 1. The lowest BCUT2D eigenvalue weighted by Gasteiger charge is -2.10. The molecule has 1 aromatic heterocycles. The third-order valence-corrected chi connectivity index (χ3v) is 4.33. The molecule has 0 atom stereocenters. The van der Waals surface area contributed by atoms with Crippen molar-refractivity contribution in [1.82, 2.24) is 9.97 Å². The fourth-order valence-corrected chi connectivity index (χ4v) is 2.92. The smallest absolute Gasteiger partial charge is 0.138 e. The third kappa shape index (κ3) is 3.52. The first-order chi connectivity index (χ1) is 12.8. The number of imidazole rings is 1. The standard InChI is InChI=1S/C23H20N2O/c1-17-14-20(12-13-22(17)26-16-18-8-4-2-5-9-18)21-15-24-23(25-21)19-10-6-3-7-11-19/h2-15H,16H2,1H3,(H,24,25). The third-order valence-electron chi connectivity index (χ3n) is 4.33. The summed E-state index contributed by atoms with van der Waals surface area (Å²) in [5.74, 6) is 1.78. The average Bonchev–Trinajstić information content (AvgIpc) is 3.19. The van der Waals surface area contributed by atoms with E-state index in [2.05, 4.69) is 36.2 Å². The average molecular weight is 340 g/mol. The molecule has 26 heavy (non-hydrogen) atoms. The Labute approximate surface area is 153 Å². The number of aromatic amines is 1. The number of nitrogens with zero attached hydrogens (tertiary/aromatic N) is 1. The van der Waals surface area contributed by atoms with Gasteiger partial charge in [0.2, 0.25) is 0 Å². The Kier molecular flexibility index (Phi) is 4.52. The van der Waals surface area contributed by atoms with Crippen LogP contribution in [0.4, 0.5) is 0 Å². The van der Waals surface area contributed by atoms with Gasteiger partial charge in [-0.05, 0) is 36.2 Å². The Balaban J connectivity index is 1.52. The van der Waals surface area contributed by atoms with E-state index in [9.17, 15) is 0 Å². The summed E-state index contributed by atoms with van der Waals surface area (Å²) in [5.41, 5.74) is 5.35. The summed E-state index contributed by atoms with van der Waals surface area (Å²) in [5, 5.41) is 0. The molecule has 0 aliphatic heterocycles. The number of ether oxygens (including phenoxy) is 1. The fraction of sp³-hybridized carbons (Fsp3) is 0.0870. The second-order valence-corrected chi connectivity index (χ2v) is 6.25. The molecule has 128 valence electrons. The van der Waals surface area contributed by atoms with Crippen LogP contribution in [0, 0.1) is 6.92 Å². The zero-order valence-corrected chi connectivity index (χ0v) is 14.6. The molecule has 0 saturated heterocycles. The minimum absolute atomic E-state index is 0.571. The normalized spacial score (nSPS) is 10.7. The number of benzene rings is 3. The maximum Gasteiger partial charge on any atom is 0.138 e. The molecule has 4 rings (SSSR count). The monoisotopic (exact) mass is 340 g/mol. The molecule has 3 aromatic carbocycles. The molecule has 0 aliphatic carbocycles. The van der Waals surface area contributed by atoms with Gasteiger partial charge in [-0.2, -0.15) is 0 Å². The van der Waals surface area contributed by atoms with Gasteiger partial charge in [0, 0.05) is 17.3 Å². The molecule has 1 N–H and O–H groups in total. The van der Waals surface area contributed by atoms with Crippen molar-refractivity contribution >= 4 is 0 Å². The van der Waals surface area contributed by atoms with E-state index in [1.54, 1.807) is 0 Å². The highest BCUT2D eigenvalue weighted by atomic mass is 16.5. The molecule has 0 saturated carbocycles. The van der Waals surface area contributed by atoms with E-state index in [1.807, 2.05) is 60.8 Å². The van der Waals surface area contributed by atoms with Crippen molar-refractivity contribution in [2.45, 2.75) is 13.5 Å². The maximum absolute atomic E-state index is 5.96. The summed E-state index contributed by atoms with van der Waals surface area (Å²) < 4.78 is 5.96. The summed E-state index contributed by atoms with van der Waals surface area (Å²) in [4.78, 5) is 7.98. The van der Waals surface area contributed by atoms with Crippen LogP contribution in [0.1, 0.15) is 11.1 Å². The first-order valence-corrected chi connectivity index (χ1v) is 8.68. The van der Waals surface area contributed by atoms with Crippen LogP contribution in [0.15, 0.2) is 85.1 Å². The molecule has 4 aromatic rings. The zero-order valence-electron chi connectivity index (χ0n) is 14.6. The Morgan fingerprint density at radius 3 is 2.31 bits per heavy atom. The largest absolute Gasteiger partial charge is 0.489 e. The van der Waals surface area contributed by atoms with Crippen LogP contribution < -0.4 is 4.74 Å². The molecule has 0 fully saturated rings. The Hall–Kier alpha value is -3.33. The van der Waals surface area contributed by atoms with Crippen LogP contribution in [0.3, 0.4) is 0 Å². The van der Waals surface area contributed by atoms with Crippen LogP contribution in [0.25, 0.3) is 22.6 Å². The van der Waals surface area contributed by atoms with Crippen LogP contribution in [-0.2, 0) is 6.61 Å². The van der Waals surface area contributed by atoms with Crippen molar-refractivity contribution in [3.8, 4) is 28.4 Å². The van der Waals surface area contributed by atoms with Gasteiger partial charge in [-0.25, -0.2) is 4.98 Å². The van der Waals surface area contributed by atoms with E-state index in [4.69, 9.17) is 9.72 Å². The van der Waals surface area contributed by atoms with Crippen molar-refractivity contribution in [2.75, 3.05) is 0 Å². The molecular formula is C23H20N2O. The predicted molar refractivity (Wildman–Crippen MR) is 105 cm³/mol. The number of aromatic nitrogens is 2. The second kappa shape index (κ2) is 7.28. The number of hydrogen-bond acceptors (Lipinski definition) is 2. The lowest BCUT2D eigenvalue weighted by atomic mass is 10.1. The highest BCUT2D eigenvalue weighted by molar-refractivity contribution is 5.65. The molecule has 3 heteroatoms. The van der Waals surface area contributed by atoms with Gasteiger partial charge < -0.3 is 9.72 Å². The van der Waals surface area contributed by atoms with Crippen LogP contribution in [0.2, 0.25) is 0 Å². The molecule has 0 bridgehead atoms. The van der Waals surface area contributed by atoms with Gasteiger partial charge in [-0.3, -0.25) is 0 Å². The van der Waals surface area contributed by atoms with Crippen molar-refractivity contribution in [1.29, 1.82) is 0 Å². The lowest BCUT2D eigenvalue weighted by Crippen LogP contribution is -1.97. The van der Waals surface area contributed by atoms with Crippen molar-refractivity contribution < 1.29 is 4.74 Å². The fourth-order valence-electron chi connectivity index (χ4n) is 2.92. The van der Waals surface area contributed by atoms with Gasteiger partial charge in [-0.15, -0.1) is 0 Å². The number of aryl methyl sites for hydroxylation is 1. The Bertz CT molecular complexity index is 991. The van der Waals surface area contributed by atoms with Gasteiger partial charge in [0.25, 0.3) is 0 Å². The molecule has 3 nitrogen and oxygen atoms in total. The van der Waals surface area contributed by atoms with E-state index in [0.29, 0.717) is 6.61 Å². The second-order valence-electron chi connectivity index (χ2n) is 6.25. The Morgan fingerprint density at radius 1 is 0.846 bits per heavy atom. The van der Waals surface area contributed by atoms with Crippen molar-refractivity contribution in [2.24, 2.45) is 0 Å². The predicted octanol–water partition coefficient (Wildman–Crippen LogP) is 5.63. The molecule has 0 spiro atoms. The Morgan fingerprint density at radius 2 is 1.58 bits per heavy atom. The summed E-state index contributed by atoms with van der Waals surface area (Å²) in [6, 6.07) is 26.5. The first-order valence-electron chi connectivity index (χ1n) is 8.68. The van der Waals surface area contributed by atoms with Gasteiger partial charge in [-0.1, -0.05) is 60.7 Å². The van der Waals surface area contributed by atoms with Crippen molar-refractivity contribution in [3.05, 3.63) is 96.2 Å². The molecule has 0 unspecified atom stereocenters. The molecule has 0 aliphatic rings. The van der Waals surface area contributed by atoms with Crippen molar-refractivity contribution in [3.63, 3.8) is 0 Å². The highest BCUT2D eigenvalue weighted by Gasteiger charge is 2.08. The van der Waals surface area contributed by atoms with E-state index < -0.39 is 0 Å². The van der Waals surface area contributed by atoms with Crippen LogP contribution >= 0.6 is 0 Å². The lowest BCUT2D eigenvalue weighted by molar-refractivity contribution is 0.304. The maximum atomic E-state index is 5.96. The van der Waals surface area contributed by atoms with E-state index in [-0.39, 0.29) is 0 Å². The van der Waals surface area contributed by atoms with E-state index in [0.717, 1.165) is 39.5 Å². The summed E-state index contributed by atoms with van der Waals surface area (Å²) in [7, 11) is 0. The van der Waals surface area contributed by atoms with Gasteiger partial charge in [0.05, 0.1) is 5.69 Å². The minimum Gasteiger partial charge on any atom is -0.489 e. The van der Waals surface area contributed by atoms with E-state index >= 15 is 0 Å². The number of rotatable bonds is 5. The first kappa shape index (κ1) is 16.2. The summed E-state index contributed by atoms with van der Waals surface area (Å²) in [6.07, 6.45) is 1.95. The quantitative estimate of drug-likeness (QED) is 0.511. The number of nitrogens with one attached hydrogen (secondary N) is 1. The summed E-state index contributed by atoms with van der Waals surface area (Å²) >= 11 is 0. The summed E-state index contributed by atoms with van der Waals surface area (Å²) in [6.45, 7) is 2.64. The van der Waals surface area contributed by atoms with Crippen LogP contribution in [0.5, 0.6) is 5.75 Å². The minimum atomic E-state index is 0.571. The molecule has 0 amide bonds. The van der Waals surface area contributed by atoms with Gasteiger partial charge in [0.1, 0.15) is 18.2 Å². The van der Waals surface area contributed by atoms with E-state index in [1.165, 1.54) is 0 Å². The van der Waals surface area contributed by atoms with Gasteiger partial charge in [0.15, 0.2) is 0 Å². The topological polar surface area (TPSA) is 37.9 Å². The molecule has 0 radical (unpaired) electrons. The molecule has 1 heterocycles. The number of H-pyrrole nitrogens is 1. The zero-order chi connectivity index (χ0) is 17.8. The van der Waals surface area contributed by atoms with Gasteiger partial charge >= 0.3 is 0 Å².